The van der Waals surface area contributed by atoms with Gasteiger partial charge in [-0.1, -0.05) is 121 Å². The highest BCUT2D eigenvalue weighted by atomic mass is 16.6. The Morgan fingerprint density at radius 3 is 1.43 bits per heavy atom. The molecule has 4 atom stereocenters. The fourth-order valence-corrected chi connectivity index (χ4v) is 5.25. The SMILES string of the molecule is O=C(OCc1ccccc1)N1[C@H](COCc2ccccc2)[C@@H](OCc2ccccc2)[C@H](OCc2ccccc2)[C@@H]1CO. The van der Waals surface area contributed by atoms with Crippen molar-refractivity contribution in [1.29, 1.82) is 0 Å². The predicted molar refractivity (Wildman–Crippen MR) is 159 cm³/mol. The van der Waals surface area contributed by atoms with Gasteiger partial charge in [-0.05, 0) is 22.3 Å². The van der Waals surface area contributed by atoms with Gasteiger partial charge in [0.25, 0.3) is 0 Å². The number of hydrogen-bond acceptors (Lipinski definition) is 6. The van der Waals surface area contributed by atoms with E-state index in [0.717, 1.165) is 22.3 Å². The molecule has 0 spiro atoms. The Morgan fingerprint density at radius 2 is 0.976 bits per heavy atom. The third kappa shape index (κ3) is 7.84. The van der Waals surface area contributed by atoms with E-state index in [4.69, 9.17) is 18.9 Å². The van der Waals surface area contributed by atoms with Gasteiger partial charge in [-0.15, -0.1) is 0 Å². The Balaban J connectivity index is 1.40. The summed E-state index contributed by atoms with van der Waals surface area (Å²) in [6, 6.07) is 37.8. The predicted octanol–water partition coefficient (Wildman–Crippen LogP) is 5.76. The van der Waals surface area contributed by atoms with Crippen molar-refractivity contribution in [1.82, 2.24) is 4.90 Å². The smallest absolute Gasteiger partial charge is 0.410 e. The van der Waals surface area contributed by atoms with E-state index in [0.29, 0.717) is 19.8 Å². The summed E-state index contributed by atoms with van der Waals surface area (Å²) in [4.78, 5) is 15.3. The van der Waals surface area contributed by atoms with Gasteiger partial charge in [0.05, 0.1) is 45.1 Å². The van der Waals surface area contributed by atoms with Gasteiger partial charge in [0, 0.05) is 0 Å². The molecule has 1 aliphatic rings. The van der Waals surface area contributed by atoms with Gasteiger partial charge in [0.2, 0.25) is 0 Å². The van der Waals surface area contributed by atoms with Gasteiger partial charge >= 0.3 is 6.09 Å². The minimum Gasteiger partial charge on any atom is -0.445 e. The molecule has 1 heterocycles. The maximum absolute atomic E-state index is 13.7. The third-order valence-electron chi connectivity index (χ3n) is 7.37. The van der Waals surface area contributed by atoms with Gasteiger partial charge in [-0.25, -0.2) is 4.79 Å². The van der Waals surface area contributed by atoms with Gasteiger partial charge in [0.15, 0.2) is 0 Å². The molecule has 0 radical (unpaired) electrons. The molecule has 0 aliphatic carbocycles. The number of ether oxygens (including phenoxy) is 4. The van der Waals surface area contributed by atoms with Crippen LogP contribution in [0.2, 0.25) is 0 Å². The summed E-state index contributed by atoms with van der Waals surface area (Å²) in [7, 11) is 0. The molecule has 1 aliphatic heterocycles. The minimum absolute atomic E-state index is 0.108. The Morgan fingerprint density at radius 1 is 0.571 bits per heavy atom. The van der Waals surface area contributed by atoms with Crippen LogP contribution in [0.4, 0.5) is 4.79 Å². The summed E-state index contributed by atoms with van der Waals surface area (Å²) in [6.45, 7) is 0.956. The lowest BCUT2D eigenvalue weighted by atomic mass is 10.1. The molecule has 0 bridgehead atoms. The van der Waals surface area contributed by atoms with E-state index in [9.17, 15) is 9.90 Å². The van der Waals surface area contributed by atoms with Crippen molar-refractivity contribution >= 4 is 6.09 Å². The standard InChI is InChI=1S/C35H37NO6/c37-21-31-33(40-23-28-15-7-2-8-16-28)34(41-24-29-17-9-3-10-18-29)32(26-39-22-27-13-5-1-6-14-27)36(31)35(38)42-25-30-19-11-4-12-20-30/h1-20,31-34,37H,21-26H2/t31-,32+,33+,34+/m0/s1. The fourth-order valence-electron chi connectivity index (χ4n) is 5.25. The van der Waals surface area contributed by atoms with Crippen LogP contribution in [0.1, 0.15) is 22.3 Å². The largest absolute Gasteiger partial charge is 0.445 e. The Bertz CT molecular complexity index is 1340. The average Bonchev–Trinajstić information content (AvgIpc) is 3.35. The van der Waals surface area contributed by atoms with Crippen LogP contribution in [0.5, 0.6) is 0 Å². The molecule has 218 valence electrons. The van der Waals surface area contributed by atoms with E-state index >= 15 is 0 Å². The van der Waals surface area contributed by atoms with Gasteiger partial charge in [-0.2, -0.15) is 0 Å². The zero-order chi connectivity index (χ0) is 29.0. The topological polar surface area (TPSA) is 77.5 Å². The summed E-state index contributed by atoms with van der Waals surface area (Å²) in [5.74, 6) is 0. The van der Waals surface area contributed by atoms with Crippen molar-refractivity contribution in [3.05, 3.63) is 144 Å². The molecule has 1 N–H and O–H groups in total. The van der Waals surface area contributed by atoms with Crippen molar-refractivity contribution in [3.8, 4) is 0 Å². The number of amides is 1. The number of aliphatic hydroxyl groups excluding tert-OH is 1. The first kappa shape index (κ1) is 29.5. The second kappa shape index (κ2) is 15.3. The number of aliphatic hydroxyl groups is 1. The van der Waals surface area contributed by atoms with Gasteiger partial charge < -0.3 is 24.1 Å². The maximum atomic E-state index is 13.7. The summed E-state index contributed by atoms with van der Waals surface area (Å²) in [6.07, 6.45) is -1.75. The number of nitrogens with zero attached hydrogens (tertiary/aromatic N) is 1. The van der Waals surface area contributed by atoms with E-state index in [-0.39, 0.29) is 19.8 Å². The molecule has 5 rings (SSSR count). The molecule has 42 heavy (non-hydrogen) atoms. The number of rotatable bonds is 13. The molecule has 4 aromatic carbocycles. The van der Waals surface area contributed by atoms with Gasteiger partial charge in [-0.3, -0.25) is 4.90 Å². The highest BCUT2D eigenvalue weighted by molar-refractivity contribution is 5.69. The van der Waals surface area contributed by atoms with Crippen LogP contribution in [-0.4, -0.2) is 53.6 Å². The summed E-state index contributed by atoms with van der Waals surface area (Å²) >= 11 is 0. The zero-order valence-electron chi connectivity index (χ0n) is 23.5. The molecule has 1 fully saturated rings. The lowest BCUT2D eigenvalue weighted by Crippen LogP contribution is -2.47. The molecule has 4 aromatic rings. The van der Waals surface area contributed by atoms with Crippen molar-refractivity contribution in [2.24, 2.45) is 0 Å². The molecule has 0 aromatic heterocycles. The van der Waals surface area contributed by atoms with E-state index in [1.165, 1.54) is 0 Å². The van der Waals surface area contributed by atoms with Crippen LogP contribution in [0.25, 0.3) is 0 Å². The van der Waals surface area contributed by atoms with Crippen molar-refractivity contribution < 1.29 is 28.8 Å². The number of likely N-dealkylation sites (tertiary alicyclic amines) is 1. The molecule has 1 amide bonds. The van der Waals surface area contributed by atoms with Crippen molar-refractivity contribution in [2.75, 3.05) is 13.2 Å². The van der Waals surface area contributed by atoms with Crippen LogP contribution in [0.15, 0.2) is 121 Å². The molecule has 7 heteroatoms. The van der Waals surface area contributed by atoms with E-state index in [1.54, 1.807) is 4.90 Å². The maximum Gasteiger partial charge on any atom is 0.410 e. The number of carbonyl (C=O) groups excluding carboxylic acids is 1. The van der Waals surface area contributed by atoms with Crippen LogP contribution in [-0.2, 0) is 45.4 Å². The Labute approximate surface area is 247 Å². The molecule has 0 saturated carbocycles. The first-order valence-electron chi connectivity index (χ1n) is 14.3. The van der Waals surface area contributed by atoms with Crippen LogP contribution >= 0.6 is 0 Å². The average molecular weight is 568 g/mol. The van der Waals surface area contributed by atoms with E-state index < -0.39 is 30.4 Å². The molecule has 0 unspecified atom stereocenters. The van der Waals surface area contributed by atoms with Crippen molar-refractivity contribution in [3.63, 3.8) is 0 Å². The Hall–Kier alpha value is -4.01. The van der Waals surface area contributed by atoms with E-state index in [2.05, 4.69) is 0 Å². The lowest BCUT2D eigenvalue weighted by molar-refractivity contribution is -0.0888. The van der Waals surface area contributed by atoms with Gasteiger partial charge in [0.1, 0.15) is 18.8 Å². The normalized spacial score (nSPS) is 20.0. The molecular weight excluding hydrogens is 530 g/mol. The lowest BCUT2D eigenvalue weighted by Gasteiger charge is -2.29. The third-order valence-corrected chi connectivity index (χ3v) is 7.37. The highest BCUT2D eigenvalue weighted by Gasteiger charge is 2.53. The zero-order valence-corrected chi connectivity index (χ0v) is 23.5. The van der Waals surface area contributed by atoms with Crippen LogP contribution < -0.4 is 0 Å². The summed E-state index contributed by atoms with van der Waals surface area (Å²) < 4.78 is 24.9. The first-order chi connectivity index (χ1) is 20.7. The Kier molecular flexibility index (Phi) is 10.7. The fraction of sp³-hybridized carbons (Fsp3) is 0.286. The molecule has 1 saturated heterocycles. The number of benzene rings is 4. The summed E-state index contributed by atoms with van der Waals surface area (Å²) in [5.41, 5.74) is 3.87. The first-order valence-corrected chi connectivity index (χ1v) is 14.3. The second-order valence-electron chi connectivity index (χ2n) is 10.3. The van der Waals surface area contributed by atoms with Crippen molar-refractivity contribution in [2.45, 2.75) is 50.7 Å². The highest BCUT2D eigenvalue weighted by Crippen LogP contribution is 2.33. The van der Waals surface area contributed by atoms with Crippen LogP contribution in [0, 0.1) is 0 Å². The quantitative estimate of drug-likeness (QED) is 0.222. The monoisotopic (exact) mass is 567 g/mol. The number of hydrogen-bond donors (Lipinski definition) is 1. The summed E-state index contributed by atoms with van der Waals surface area (Å²) in [5, 5.41) is 10.6. The second-order valence-corrected chi connectivity index (χ2v) is 10.3. The molecule has 7 nitrogen and oxygen atoms in total. The van der Waals surface area contributed by atoms with Crippen LogP contribution in [0.3, 0.4) is 0 Å². The van der Waals surface area contributed by atoms with E-state index in [1.807, 2.05) is 121 Å². The number of carbonyl (C=O) groups is 1. The molecular formula is C35H37NO6. The minimum atomic E-state index is -0.692.